The van der Waals surface area contributed by atoms with Crippen molar-refractivity contribution in [3.8, 4) is 0 Å². The predicted molar refractivity (Wildman–Crippen MR) is 80.5 cm³/mol. The molecule has 1 aliphatic rings. The summed E-state index contributed by atoms with van der Waals surface area (Å²) < 4.78 is 10.1. The predicted octanol–water partition coefficient (Wildman–Crippen LogP) is 1.89. The Hall–Kier alpha value is -2.77. The van der Waals surface area contributed by atoms with E-state index in [0.717, 1.165) is 6.42 Å². The summed E-state index contributed by atoms with van der Waals surface area (Å²) in [5, 5.41) is 9.15. The molecule has 0 unspecified atom stereocenters. The second-order valence-corrected chi connectivity index (χ2v) is 5.40. The first kappa shape index (κ1) is 15.1. The fourth-order valence-electron chi connectivity index (χ4n) is 2.59. The van der Waals surface area contributed by atoms with E-state index in [2.05, 4.69) is 15.8 Å². The van der Waals surface area contributed by atoms with Crippen molar-refractivity contribution in [3.63, 3.8) is 0 Å². The molecule has 2 aromatic rings. The van der Waals surface area contributed by atoms with E-state index in [1.165, 1.54) is 4.90 Å². The molecule has 3 amide bonds. The smallest absolute Gasteiger partial charge is 0.323 e. The van der Waals surface area contributed by atoms with Crippen molar-refractivity contribution in [3.05, 3.63) is 36.0 Å². The highest BCUT2D eigenvalue weighted by atomic mass is 16.5. The normalized spacial score (nSPS) is 17.3. The minimum atomic E-state index is -0.488. The molecule has 3 rings (SSSR count). The van der Waals surface area contributed by atoms with Gasteiger partial charge in [-0.25, -0.2) is 4.79 Å². The molecule has 1 aliphatic heterocycles. The van der Waals surface area contributed by atoms with Crippen molar-refractivity contribution >= 4 is 17.8 Å². The van der Waals surface area contributed by atoms with Crippen LogP contribution in [-0.2, 0) is 11.3 Å². The number of urea groups is 1. The number of hydrogen-bond donors (Lipinski definition) is 2. The van der Waals surface area contributed by atoms with Crippen molar-refractivity contribution in [2.75, 3.05) is 11.9 Å². The molecule has 23 heavy (non-hydrogen) atoms. The van der Waals surface area contributed by atoms with E-state index in [1.807, 2.05) is 0 Å². The van der Waals surface area contributed by atoms with E-state index >= 15 is 0 Å². The lowest BCUT2D eigenvalue weighted by molar-refractivity contribution is -0.124. The third-order valence-corrected chi connectivity index (χ3v) is 3.70. The molecular formula is C15H18N4O4. The number of nitrogens with one attached hydrogen (secondary N) is 2. The number of furan rings is 1. The number of amides is 3. The largest absolute Gasteiger partial charge is 0.467 e. The van der Waals surface area contributed by atoms with Crippen molar-refractivity contribution in [1.29, 1.82) is 0 Å². The van der Waals surface area contributed by atoms with Gasteiger partial charge in [-0.15, -0.1) is 0 Å². The third kappa shape index (κ3) is 3.53. The van der Waals surface area contributed by atoms with Crippen LogP contribution in [-0.4, -0.2) is 34.6 Å². The van der Waals surface area contributed by atoms with E-state index in [1.54, 1.807) is 31.4 Å². The second kappa shape index (κ2) is 6.55. The summed E-state index contributed by atoms with van der Waals surface area (Å²) in [5.41, 5.74) is 0. The van der Waals surface area contributed by atoms with Crippen LogP contribution in [0.1, 0.15) is 24.4 Å². The van der Waals surface area contributed by atoms with Gasteiger partial charge in [-0.1, -0.05) is 5.16 Å². The number of rotatable bonds is 4. The number of nitrogens with zero attached hydrogens (tertiary/aromatic N) is 2. The van der Waals surface area contributed by atoms with Gasteiger partial charge < -0.3 is 19.2 Å². The fraction of sp³-hybridized carbons (Fsp3) is 0.400. The highest BCUT2D eigenvalue weighted by molar-refractivity contribution is 5.93. The van der Waals surface area contributed by atoms with Gasteiger partial charge in [-0.3, -0.25) is 10.1 Å². The molecule has 0 radical (unpaired) electrons. The van der Waals surface area contributed by atoms with Gasteiger partial charge >= 0.3 is 6.03 Å². The number of aromatic nitrogens is 1. The summed E-state index contributed by atoms with van der Waals surface area (Å²) in [6, 6.07) is 4.33. The number of anilines is 1. The lowest BCUT2D eigenvalue weighted by Crippen LogP contribution is -2.47. The molecule has 0 aliphatic carbocycles. The monoisotopic (exact) mass is 318 g/mol. The Labute approximate surface area is 132 Å². The fourth-order valence-corrected chi connectivity index (χ4v) is 2.59. The van der Waals surface area contributed by atoms with Crippen LogP contribution in [0, 0.1) is 6.92 Å². The van der Waals surface area contributed by atoms with Crippen LogP contribution >= 0.6 is 0 Å². The zero-order chi connectivity index (χ0) is 16.2. The first-order valence-corrected chi connectivity index (χ1v) is 7.44. The van der Waals surface area contributed by atoms with Gasteiger partial charge in [0.1, 0.15) is 17.6 Å². The summed E-state index contributed by atoms with van der Waals surface area (Å²) in [5.74, 6) is 1.43. The Kier molecular flexibility index (Phi) is 4.31. The average molecular weight is 318 g/mol. The van der Waals surface area contributed by atoms with E-state index in [0.29, 0.717) is 36.8 Å². The Morgan fingerprint density at radius 3 is 3.04 bits per heavy atom. The Bertz CT molecular complexity index is 679. The number of carbonyl (C=O) groups is 2. The number of likely N-dealkylation sites (tertiary alicyclic amines) is 1. The zero-order valence-electron chi connectivity index (χ0n) is 12.7. The molecule has 8 nitrogen and oxygen atoms in total. The molecule has 8 heteroatoms. The molecular weight excluding hydrogens is 300 g/mol. The van der Waals surface area contributed by atoms with E-state index in [9.17, 15) is 9.59 Å². The molecule has 0 bridgehead atoms. The van der Waals surface area contributed by atoms with Gasteiger partial charge in [0.2, 0.25) is 5.91 Å². The molecule has 1 atom stereocenters. The first-order valence-electron chi connectivity index (χ1n) is 7.44. The lowest BCUT2D eigenvalue weighted by Gasteiger charge is -2.23. The number of carbonyl (C=O) groups excluding carboxylic acids is 2. The van der Waals surface area contributed by atoms with Crippen LogP contribution in [0.3, 0.4) is 0 Å². The second-order valence-electron chi connectivity index (χ2n) is 5.40. The van der Waals surface area contributed by atoms with Crippen LogP contribution in [0.15, 0.2) is 33.4 Å². The van der Waals surface area contributed by atoms with Gasteiger partial charge in [-0.2, -0.15) is 0 Å². The number of aryl methyl sites for hydroxylation is 1. The zero-order valence-corrected chi connectivity index (χ0v) is 12.7. The number of hydrogen-bond acceptors (Lipinski definition) is 5. The highest BCUT2D eigenvalue weighted by Crippen LogP contribution is 2.19. The van der Waals surface area contributed by atoms with Gasteiger partial charge in [0, 0.05) is 12.6 Å². The maximum absolute atomic E-state index is 12.3. The summed E-state index contributed by atoms with van der Waals surface area (Å²) in [6.07, 6.45) is 2.97. The SMILES string of the molecule is Cc1cc(NC(=O)N2CCC[C@@H]2C(=O)NCc2ccco2)no1. The first-order chi connectivity index (χ1) is 11.1. The van der Waals surface area contributed by atoms with Crippen molar-refractivity contribution in [1.82, 2.24) is 15.4 Å². The van der Waals surface area contributed by atoms with E-state index in [4.69, 9.17) is 8.94 Å². The molecule has 122 valence electrons. The summed E-state index contributed by atoms with van der Waals surface area (Å²) >= 11 is 0. The Balaban J connectivity index is 1.58. The lowest BCUT2D eigenvalue weighted by atomic mass is 10.2. The molecule has 3 heterocycles. The maximum Gasteiger partial charge on any atom is 0.323 e. The average Bonchev–Trinajstić information content (AvgIpc) is 3.26. The molecule has 0 spiro atoms. The summed E-state index contributed by atoms with van der Waals surface area (Å²) in [4.78, 5) is 26.1. The summed E-state index contributed by atoms with van der Waals surface area (Å²) in [7, 11) is 0. The van der Waals surface area contributed by atoms with Gasteiger partial charge in [0.25, 0.3) is 0 Å². The van der Waals surface area contributed by atoms with Gasteiger partial charge in [-0.05, 0) is 31.9 Å². The Morgan fingerprint density at radius 2 is 2.35 bits per heavy atom. The maximum atomic E-state index is 12.3. The van der Waals surface area contributed by atoms with Gasteiger partial charge in [0.05, 0.1) is 12.8 Å². The highest BCUT2D eigenvalue weighted by Gasteiger charge is 2.34. The molecule has 0 saturated carbocycles. The van der Waals surface area contributed by atoms with Crippen LogP contribution < -0.4 is 10.6 Å². The summed E-state index contributed by atoms with van der Waals surface area (Å²) in [6.45, 7) is 2.57. The minimum absolute atomic E-state index is 0.189. The van der Waals surface area contributed by atoms with Crippen molar-refractivity contribution < 1.29 is 18.5 Å². The molecule has 1 saturated heterocycles. The van der Waals surface area contributed by atoms with Crippen LogP contribution in [0.25, 0.3) is 0 Å². The van der Waals surface area contributed by atoms with Crippen LogP contribution in [0.2, 0.25) is 0 Å². The van der Waals surface area contributed by atoms with Crippen molar-refractivity contribution in [2.45, 2.75) is 32.4 Å². The van der Waals surface area contributed by atoms with Crippen LogP contribution in [0.5, 0.6) is 0 Å². The van der Waals surface area contributed by atoms with E-state index < -0.39 is 6.04 Å². The Morgan fingerprint density at radius 1 is 1.48 bits per heavy atom. The minimum Gasteiger partial charge on any atom is -0.467 e. The molecule has 2 N–H and O–H groups in total. The van der Waals surface area contributed by atoms with Gasteiger partial charge in [0.15, 0.2) is 5.82 Å². The molecule has 2 aromatic heterocycles. The standard InChI is InChI=1S/C15H18N4O4/c1-10-8-13(18-23-10)17-15(21)19-6-2-5-12(19)14(20)16-9-11-4-3-7-22-11/h3-4,7-8,12H,2,5-6,9H2,1H3,(H,16,20)(H,17,18,21)/t12-/m1/s1. The third-order valence-electron chi connectivity index (χ3n) is 3.70. The van der Waals surface area contributed by atoms with Crippen LogP contribution in [0.4, 0.5) is 10.6 Å². The molecule has 1 fully saturated rings. The quantitative estimate of drug-likeness (QED) is 0.896. The molecule has 0 aromatic carbocycles. The topological polar surface area (TPSA) is 101 Å². The van der Waals surface area contributed by atoms with E-state index in [-0.39, 0.29) is 11.9 Å². The van der Waals surface area contributed by atoms with Crippen molar-refractivity contribution in [2.24, 2.45) is 0 Å².